The van der Waals surface area contributed by atoms with Gasteiger partial charge in [-0.05, 0) is 36.8 Å². The summed E-state index contributed by atoms with van der Waals surface area (Å²) >= 11 is 0. The molecule has 6 nitrogen and oxygen atoms in total. The highest BCUT2D eigenvalue weighted by molar-refractivity contribution is 5.80. The fourth-order valence-corrected chi connectivity index (χ4v) is 2.87. The normalized spacial score (nSPS) is 11.5. The molecule has 0 saturated carbocycles. The molecular weight excluding hydrogens is 352 g/mol. The van der Waals surface area contributed by atoms with E-state index >= 15 is 0 Å². The lowest BCUT2D eigenvalue weighted by Gasteiger charge is -2.21. The molecule has 0 radical (unpaired) electrons. The first-order chi connectivity index (χ1) is 13.5. The lowest BCUT2D eigenvalue weighted by Crippen LogP contribution is -2.37. The number of nitriles is 1. The van der Waals surface area contributed by atoms with Crippen LogP contribution in [0.4, 0.5) is 0 Å². The van der Waals surface area contributed by atoms with Gasteiger partial charge in [0.25, 0.3) is 5.91 Å². The van der Waals surface area contributed by atoms with Crippen LogP contribution in [0.2, 0.25) is 0 Å². The highest BCUT2D eigenvalue weighted by atomic mass is 16.5. The van der Waals surface area contributed by atoms with Crippen molar-refractivity contribution in [3.8, 4) is 11.8 Å². The minimum Gasteiger partial charge on any atom is -0.481 e. The zero-order valence-electron chi connectivity index (χ0n) is 15.9. The molecule has 3 aromatic rings. The fourth-order valence-electron chi connectivity index (χ4n) is 2.87. The Morgan fingerprint density at radius 3 is 2.57 bits per heavy atom. The van der Waals surface area contributed by atoms with E-state index in [2.05, 4.69) is 23.3 Å². The largest absolute Gasteiger partial charge is 0.481 e. The van der Waals surface area contributed by atoms with Crippen molar-refractivity contribution < 1.29 is 9.53 Å². The Hall–Kier alpha value is -3.59. The number of hydrogen-bond acceptors (Lipinski definition) is 4. The molecular formula is C22H22N4O2. The highest BCUT2D eigenvalue weighted by Gasteiger charge is 2.20. The summed E-state index contributed by atoms with van der Waals surface area (Å²) in [7, 11) is 1.75. The maximum atomic E-state index is 12.6. The van der Waals surface area contributed by atoms with Crippen molar-refractivity contribution in [3.63, 3.8) is 0 Å². The smallest absolute Gasteiger partial charge is 0.263 e. The molecule has 0 N–H and O–H groups in total. The Kier molecular flexibility index (Phi) is 6.07. The Morgan fingerprint density at radius 2 is 1.89 bits per heavy atom. The monoisotopic (exact) mass is 374 g/mol. The molecule has 3 rings (SSSR count). The fraction of sp³-hybridized carbons (Fsp3) is 0.227. The molecule has 0 aliphatic rings. The maximum Gasteiger partial charge on any atom is 0.263 e. The zero-order chi connectivity index (χ0) is 19.9. The second-order valence-corrected chi connectivity index (χ2v) is 6.62. The number of aromatic nitrogens is 2. The topological polar surface area (TPSA) is 71.2 Å². The Labute approximate surface area is 164 Å². The average Bonchev–Trinajstić information content (AvgIpc) is 3.15. The van der Waals surface area contributed by atoms with Crippen molar-refractivity contribution in [2.75, 3.05) is 7.05 Å². The molecule has 1 atom stereocenters. The number of rotatable bonds is 7. The van der Waals surface area contributed by atoms with Crippen LogP contribution in [0, 0.1) is 11.3 Å². The number of carbonyl (C=O) groups is 1. The molecule has 0 unspecified atom stereocenters. The lowest BCUT2D eigenvalue weighted by molar-refractivity contribution is -0.137. The molecule has 1 heterocycles. The molecule has 28 heavy (non-hydrogen) atoms. The molecule has 6 heteroatoms. The van der Waals surface area contributed by atoms with E-state index in [4.69, 9.17) is 10.00 Å². The van der Waals surface area contributed by atoms with Crippen LogP contribution in [-0.4, -0.2) is 33.7 Å². The Balaban J connectivity index is 1.55. The van der Waals surface area contributed by atoms with Crippen LogP contribution in [0.25, 0.3) is 0 Å². The first-order valence-corrected chi connectivity index (χ1v) is 9.02. The molecule has 1 aromatic heterocycles. The molecule has 0 saturated heterocycles. The second-order valence-electron chi connectivity index (χ2n) is 6.62. The van der Waals surface area contributed by atoms with E-state index in [1.807, 2.05) is 29.1 Å². The molecule has 0 aliphatic heterocycles. The number of likely N-dealkylation sites (N-methyl/N-ethyl adjacent to an activating group) is 1. The van der Waals surface area contributed by atoms with Crippen molar-refractivity contribution >= 4 is 5.91 Å². The quantitative estimate of drug-likeness (QED) is 0.637. The SMILES string of the molecule is C[C@H](Oc1ccc(C#N)cc1)C(=O)N(C)Cc1cnn(Cc2ccccc2)c1. The van der Waals surface area contributed by atoms with Gasteiger partial charge >= 0.3 is 0 Å². The molecule has 142 valence electrons. The van der Waals surface area contributed by atoms with Gasteiger partial charge < -0.3 is 9.64 Å². The van der Waals surface area contributed by atoms with Gasteiger partial charge in [-0.25, -0.2) is 0 Å². The summed E-state index contributed by atoms with van der Waals surface area (Å²) < 4.78 is 7.56. The minimum absolute atomic E-state index is 0.125. The minimum atomic E-state index is -0.628. The summed E-state index contributed by atoms with van der Waals surface area (Å²) in [5.74, 6) is 0.434. The predicted octanol–water partition coefficient (Wildman–Crippen LogP) is 3.23. The van der Waals surface area contributed by atoms with E-state index in [1.54, 1.807) is 49.3 Å². The number of ether oxygens (including phenoxy) is 1. The van der Waals surface area contributed by atoms with E-state index in [0.717, 1.165) is 5.56 Å². The number of amides is 1. The van der Waals surface area contributed by atoms with Crippen molar-refractivity contribution in [1.29, 1.82) is 5.26 Å². The second kappa shape index (κ2) is 8.87. The van der Waals surface area contributed by atoms with E-state index in [0.29, 0.717) is 24.4 Å². The van der Waals surface area contributed by atoms with Crippen LogP contribution in [0.15, 0.2) is 67.0 Å². The van der Waals surface area contributed by atoms with Crippen molar-refractivity contribution in [2.45, 2.75) is 26.1 Å². The average molecular weight is 374 g/mol. The summed E-state index contributed by atoms with van der Waals surface area (Å²) in [6.07, 6.45) is 3.10. The summed E-state index contributed by atoms with van der Waals surface area (Å²) in [5.41, 5.74) is 2.68. The summed E-state index contributed by atoms with van der Waals surface area (Å²) in [6.45, 7) is 2.86. The third kappa shape index (κ3) is 4.98. The van der Waals surface area contributed by atoms with Crippen LogP contribution in [0.5, 0.6) is 5.75 Å². The van der Waals surface area contributed by atoms with Crippen LogP contribution in [0.1, 0.15) is 23.6 Å². The number of benzene rings is 2. The number of carbonyl (C=O) groups excluding carboxylic acids is 1. The van der Waals surface area contributed by atoms with E-state index in [9.17, 15) is 4.79 Å². The Morgan fingerprint density at radius 1 is 1.18 bits per heavy atom. The molecule has 0 aliphatic carbocycles. The van der Waals surface area contributed by atoms with Crippen molar-refractivity contribution in [1.82, 2.24) is 14.7 Å². The van der Waals surface area contributed by atoms with Crippen LogP contribution >= 0.6 is 0 Å². The van der Waals surface area contributed by atoms with Gasteiger partial charge in [-0.15, -0.1) is 0 Å². The van der Waals surface area contributed by atoms with E-state index in [1.165, 1.54) is 5.56 Å². The summed E-state index contributed by atoms with van der Waals surface area (Å²) in [6, 6.07) is 18.9. The van der Waals surface area contributed by atoms with E-state index in [-0.39, 0.29) is 5.91 Å². The van der Waals surface area contributed by atoms with Gasteiger partial charge in [-0.3, -0.25) is 9.48 Å². The van der Waals surface area contributed by atoms with Gasteiger partial charge in [0.2, 0.25) is 0 Å². The van der Waals surface area contributed by atoms with Crippen molar-refractivity contribution in [2.24, 2.45) is 0 Å². The Bertz CT molecular complexity index is 958. The molecule has 2 aromatic carbocycles. The predicted molar refractivity (Wildman–Crippen MR) is 105 cm³/mol. The lowest BCUT2D eigenvalue weighted by atomic mass is 10.2. The first-order valence-electron chi connectivity index (χ1n) is 9.02. The third-order valence-electron chi connectivity index (χ3n) is 4.31. The summed E-state index contributed by atoms with van der Waals surface area (Å²) in [4.78, 5) is 14.2. The zero-order valence-corrected chi connectivity index (χ0v) is 15.9. The number of hydrogen-bond donors (Lipinski definition) is 0. The van der Waals surface area contributed by atoms with Gasteiger partial charge in [-0.2, -0.15) is 10.4 Å². The molecule has 0 bridgehead atoms. The van der Waals surface area contributed by atoms with Crippen LogP contribution in [0.3, 0.4) is 0 Å². The maximum absolute atomic E-state index is 12.6. The van der Waals surface area contributed by atoms with Gasteiger partial charge in [0.15, 0.2) is 6.10 Å². The third-order valence-corrected chi connectivity index (χ3v) is 4.31. The summed E-state index contributed by atoms with van der Waals surface area (Å²) in [5, 5.41) is 13.2. The van der Waals surface area contributed by atoms with Gasteiger partial charge in [0, 0.05) is 25.4 Å². The molecule has 0 fully saturated rings. The van der Waals surface area contributed by atoms with Gasteiger partial charge in [0.1, 0.15) is 5.75 Å². The molecule has 0 spiro atoms. The number of nitrogens with zero attached hydrogens (tertiary/aromatic N) is 4. The van der Waals surface area contributed by atoms with Gasteiger partial charge in [-0.1, -0.05) is 30.3 Å². The molecule has 1 amide bonds. The highest BCUT2D eigenvalue weighted by Crippen LogP contribution is 2.15. The van der Waals surface area contributed by atoms with Crippen LogP contribution < -0.4 is 4.74 Å². The van der Waals surface area contributed by atoms with Gasteiger partial charge in [0.05, 0.1) is 24.4 Å². The standard InChI is InChI=1S/C22H22N4O2/c1-17(28-21-10-8-18(12-23)9-11-21)22(27)25(2)14-20-13-24-26(16-20)15-19-6-4-3-5-7-19/h3-11,13,16-17H,14-15H2,1-2H3/t17-/m0/s1. The first kappa shape index (κ1) is 19.2. The van der Waals surface area contributed by atoms with E-state index < -0.39 is 6.10 Å². The van der Waals surface area contributed by atoms with Crippen molar-refractivity contribution in [3.05, 3.63) is 83.7 Å². The van der Waals surface area contributed by atoms with Crippen LogP contribution in [-0.2, 0) is 17.9 Å².